The standard InChI is InChI=1S/C14H18BrClN2/c1-11(2)10-18(8-4-7-17)14-6-3-5-13(16)12(14)9-15/h3,5-6,11H,4,8-10H2,1-2H3. The van der Waals surface area contributed by atoms with E-state index >= 15 is 0 Å². The van der Waals surface area contributed by atoms with Gasteiger partial charge in [-0.25, -0.2) is 0 Å². The minimum Gasteiger partial charge on any atom is -0.370 e. The van der Waals surface area contributed by atoms with Crippen molar-refractivity contribution < 1.29 is 0 Å². The van der Waals surface area contributed by atoms with Crippen LogP contribution >= 0.6 is 27.5 Å². The summed E-state index contributed by atoms with van der Waals surface area (Å²) in [4.78, 5) is 2.25. The molecule has 0 saturated carbocycles. The maximum Gasteiger partial charge on any atom is 0.0640 e. The van der Waals surface area contributed by atoms with E-state index in [1.54, 1.807) is 0 Å². The highest BCUT2D eigenvalue weighted by atomic mass is 79.9. The van der Waals surface area contributed by atoms with Crippen LogP contribution in [0.25, 0.3) is 0 Å². The summed E-state index contributed by atoms with van der Waals surface area (Å²) in [6, 6.07) is 8.14. The minimum absolute atomic E-state index is 0.529. The Morgan fingerprint density at radius 2 is 2.17 bits per heavy atom. The van der Waals surface area contributed by atoms with Crippen LogP contribution in [0.5, 0.6) is 0 Å². The largest absolute Gasteiger partial charge is 0.370 e. The van der Waals surface area contributed by atoms with Crippen molar-refractivity contribution in [1.82, 2.24) is 0 Å². The molecule has 0 radical (unpaired) electrons. The van der Waals surface area contributed by atoms with E-state index in [1.807, 2.05) is 12.1 Å². The van der Waals surface area contributed by atoms with Gasteiger partial charge in [-0.15, -0.1) is 0 Å². The molecule has 1 rings (SSSR count). The summed E-state index contributed by atoms with van der Waals surface area (Å²) < 4.78 is 0. The van der Waals surface area contributed by atoms with Gasteiger partial charge in [-0.2, -0.15) is 5.26 Å². The van der Waals surface area contributed by atoms with Crippen LogP contribution in [-0.2, 0) is 5.33 Å². The van der Waals surface area contributed by atoms with Crippen molar-refractivity contribution in [3.8, 4) is 6.07 Å². The van der Waals surface area contributed by atoms with E-state index in [-0.39, 0.29) is 0 Å². The summed E-state index contributed by atoms with van der Waals surface area (Å²) >= 11 is 9.71. The molecule has 1 aromatic rings. The number of alkyl halides is 1. The highest BCUT2D eigenvalue weighted by Crippen LogP contribution is 2.30. The number of anilines is 1. The highest BCUT2D eigenvalue weighted by Gasteiger charge is 2.14. The monoisotopic (exact) mass is 328 g/mol. The number of rotatable bonds is 6. The quantitative estimate of drug-likeness (QED) is 0.713. The van der Waals surface area contributed by atoms with Crippen molar-refractivity contribution in [1.29, 1.82) is 5.26 Å². The number of halogens is 2. The lowest BCUT2D eigenvalue weighted by Crippen LogP contribution is -2.29. The Kier molecular flexibility index (Phi) is 6.52. The molecule has 1 aromatic carbocycles. The van der Waals surface area contributed by atoms with Gasteiger partial charge in [0.05, 0.1) is 12.5 Å². The lowest BCUT2D eigenvalue weighted by molar-refractivity contribution is 0.611. The van der Waals surface area contributed by atoms with Crippen LogP contribution in [0.3, 0.4) is 0 Å². The smallest absolute Gasteiger partial charge is 0.0640 e. The minimum atomic E-state index is 0.529. The number of hydrogen-bond donors (Lipinski definition) is 0. The van der Waals surface area contributed by atoms with E-state index in [0.29, 0.717) is 12.3 Å². The Balaban J connectivity index is 3.04. The highest BCUT2D eigenvalue weighted by molar-refractivity contribution is 9.08. The van der Waals surface area contributed by atoms with Crippen molar-refractivity contribution >= 4 is 33.2 Å². The first-order valence-corrected chi connectivity index (χ1v) is 7.55. The average molecular weight is 330 g/mol. The van der Waals surface area contributed by atoms with Gasteiger partial charge in [0.1, 0.15) is 0 Å². The van der Waals surface area contributed by atoms with Crippen molar-refractivity contribution in [2.24, 2.45) is 5.92 Å². The maximum atomic E-state index is 8.77. The van der Waals surface area contributed by atoms with E-state index in [1.165, 1.54) is 0 Å². The second-order valence-electron chi connectivity index (χ2n) is 4.62. The molecule has 2 nitrogen and oxygen atoms in total. The number of nitriles is 1. The lowest BCUT2D eigenvalue weighted by Gasteiger charge is -2.28. The van der Waals surface area contributed by atoms with Gasteiger partial charge >= 0.3 is 0 Å². The van der Waals surface area contributed by atoms with Crippen molar-refractivity contribution in [3.63, 3.8) is 0 Å². The molecule has 0 fully saturated rings. The van der Waals surface area contributed by atoms with Gasteiger partial charge in [-0.3, -0.25) is 0 Å². The second kappa shape index (κ2) is 7.66. The molecule has 0 atom stereocenters. The van der Waals surface area contributed by atoms with Gasteiger partial charge in [0, 0.05) is 34.7 Å². The summed E-state index contributed by atoms with van der Waals surface area (Å²) in [6.07, 6.45) is 0.529. The van der Waals surface area contributed by atoms with Crippen LogP contribution in [0.1, 0.15) is 25.8 Å². The zero-order valence-corrected chi connectivity index (χ0v) is 13.1. The molecule has 0 saturated heterocycles. The Labute approximate surface area is 123 Å². The van der Waals surface area contributed by atoms with Crippen LogP contribution in [-0.4, -0.2) is 13.1 Å². The van der Waals surface area contributed by atoms with Crippen molar-refractivity contribution in [2.75, 3.05) is 18.0 Å². The molecule has 0 aromatic heterocycles. The summed E-state index contributed by atoms with van der Waals surface area (Å²) in [5.41, 5.74) is 2.22. The number of nitrogens with zero attached hydrogens (tertiary/aromatic N) is 2. The third-order valence-corrected chi connectivity index (χ3v) is 3.56. The topological polar surface area (TPSA) is 27.0 Å². The van der Waals surface area contributed by atoms with Gasteiger partial charge in [0.2, 0.25) is 0 Å². The molecule has 0 aliphatic heterocycles. The predicted molar refractivity (Wildman–Crippen MR) is 81.4 cm³/mol. The first-order chi connectivity index (χ1) is 8.60. The van der Waals surface area contributed by atoms with Crippen LogP contribution in [0.2, 0.25) is 5.02 Å². The summed E-state index contributed by atoms with van der Waals surface area (Å²) in [5, 5.41) is 10.3. The fourth-order valence-electron chi connectivity index (χ4n) is 1.91. The first kappa shape index (κ1) is 15.3. The van der Waals surface area contributed by atoms with Crippen LogP contribution < -0.4 is 4.90 Å². The third-order valence-electron chi connectivity index (χ3n) is 2.65. The first-order valence-electron chi connectivity index (χ1n) is 6.05. The fraction of sp³-hybridized carbons (Fsp3) is 0.500. The Morgan fingerprint density at radius 1 is 1.44 bits per heavy atom. The molecular formula is C14H18BrClN2. The molecule has 0 unspecified atom stereocenters. The maximum absolute atomic E-state index is 8.77. The van der Waals surface area contributed by atoms with Gasteiger partial charge in [-0.05, 0) is 18.1 Å². The SMILES string of the molecule is CC(C)CN(CCC#N)c1cccc(Cl)c1CBr. The molecule has 98 valence electrons. The Morgan fingerprint density at radius 3 is 2.72 bits per heavy atom. The third kappa shape index (κ3) is 4.19. The second-order valence-corrected chi connectivity index (χ2v) is 5.59. The summed E-state index contributed by atoms with van der Waals surface area (Å²) in [6.45, 7) is 6.03. The Bertz CT molecular complexity index is 426. The molecule has 0 spiro atoms. The van der Waals surface area contributed by atoms with Gasteiger partial charge < -0.3 is 4.90 Å². The molecule has 0 amide bonds. The number of hydrogen-bond acceptors (Lipinski definition) is 2. The van der Waals surface area contributed by atoms with Crippen LogP contribution in [0.15, 0.2) is 18.2 Å². The molecule has 0 aliphatic rings. The predicted octanol–water partition coefficient (Wildman–Crippen LogP) is 4.61. The van der Waals surface area contributed by atoms with Gasteiger partial charge in [0.15, 0.2) is 0 Å². The average Bonchev–Trinajstić information content (AvgIpc) is 2.33. The lowest BCUT2D eigenvalue weighted by atomic mass is 10.1. The number of benzene rings is 1. The molecule has 0 aliphatic carbocycles. The van der Waals surface area contributed by atoms with Crippen molar-refractivity contribution in [2.45, 2.75) is 25.6 Å². The fourth-order valence-corrected chi connectivity index (χ4v) is 2.90. The van der Waals surface area contributed by atoms with E-state index in [4.69, 9.17) is 16.9 Å². The van der Waals surface area contributed by atoms with E-state index < -0.39 is 0 Å². The van der Waals surface area contributed by atoms with Gasteiger partial charge in [-0.1, -0.05) is 47.4 Å². The Hall–Kier alpha value is -0.720. The normalized spacial score (nSPS) is 10.4. The zero-order valence-electron chi connectivity index (χ0n) is 10.8. The molecule has 18 heavy (non-hydrogen) atoms. The van der Waals surface area contributed by atoms with E-state index in [2.05, 4.69) is 46.8 Å². The molecule has 4 heteroatoms. The zero-order chi connectivity index (χ0) is 13.5. The summed E-state index contributed by atoms with van der Waals surface area (Å²) in [5.74, 6) is 0.547. The molecule has 0 heterocycles. The molecule has 0 N–H and O–H groups in total. The van der Waals surface area contributed by atoms with Gasteiger partial charge in [0.25, 0.3) is 0 Å². The molecule has 0 bridgehead atoms. The van der Waals surface area contributed by atoms with Crippen LogP contribution in [0.4, 0.5) is 5.69 Å². The van der Waals surface area contributed by atoms with Crippen LogP contribution in [0, 0.1) is 17.2 Å². The summed E-state index contributed by atoms with van der Waals surface area (Å²) in [7, 11) is 0. The van der Waals surface area contributed by atoms with E-state index in [0.717, 1.165) is 34.7 Å². The van der Waals surface area contributed by atoms with Crippen molar-refractivity contribution in [3.05, 3.63) is 28.8 Å². The van der Waals surface area contributed by atoms with E-state index in [9.17, 15) is 0 Å². The molecular weight excluding hydrogens is 312 g/mol.